The summed E-state index contributed by atoms with van der Waals surface area (Å²) < 4.78 is 25.7. The van der Waals surface area contributed by atoms with Gasteiger partial charge in [0.1, 0.15) is 0 Å². The van der Waals surface area contributed by atoms with Gasteiger partial charge in [0.15, 0.2) is 0 Å². The third-order valence-corrected chi connectivity index (χ3v) is 3.65. The predicted octanol–water partition coefficient (Wildman–Crippen LogP) is 0.729. The molecule has 0 spiro atoms. The maximum Gasteiger partial charge on any atom is 0.303 e. The molecule has 77 valence electrons. The summed E-state index contributed by atoms with van der Waals surface area (Å²) in [6.45, 7) is 0. The third-order valence-electron chi connectivity index (χ3n) is 1.84. The number of rotatable bonds is 3. The SMILES string of the molecule is CN(C)S(=O)(=O)N(C)c1[c]cccc1. The Morgan fingerprint density at radius 3 is 2.29 bits per heavy atom. The molecule has 0 N–H and O–H groups in total. The summed E-state index contributed by atoms with van der Waals surface area (Å²) in [5, 5.41) is 0. The van der Waals surface area contributed by atoms with E-state index in [1.54, 1.807) is 24.3 Å². The first-order valence-electron chi connectivity index (χ1n) is 4.09. The molecule has 0 amide bonds. The molecular formula is C9H13N2O2S. The molecule has 0 heterocycles. The van der Waals surface area contributed by atoms with Crippen LogP contribution in [-0.2, 0) is 10.2 Å². The van der Waals surface area contributed by atoms with Crippen LogP contribution in [0, 0.1) is 6.07 Å². The van der Waals surface area contributed by atoms with Crippen LogP contribution in [0.3, 0.4) is 0 Å². The molecular weight excluding hydrogens is 200 g/mol. The first-order chi connectivity index (χ1) is 6.46. The van der Waals surface area contributed by atoms with Crippen molar-refractivity contribution in [2.24, 2.45) is 0 Å². The maximum absolute atomic E-state index is 11.7. The Hall–Kier alpha value is -1.07. The Labute approximate surface area is 84.9 Å². The lowest BCUT2D eigenvalue weighted by Crippen LogP contribution is -2.37. The smallest absolute Gasteiger partial charge is 0.260 e. The van der Waals surface area contributed by atoms with Gasteiger partial charge in [0.25, 0.3) is 0 Å². The maximum atomic E-state index is 11.7. The van der Waals surface area contributed by atoms with E-state index in [0.717, 1.165) is 4.31 Å². The molecule has 1 aromatic rings. The quantitative estimate of drug-likeness (QED) is 0.742. The predicted molar refractivity (Wildman–Crippen MR) is 56.3 cm³/mol. The highest BCUT2D eigenvalue weighted by molar-refractivity contribution is 7.90. The Morgan fingerprint density at radius 1 is 1.21 bits per heavy atom. The Morgan fingerprint density at radius 2 is 1.86 bits per heavy atom. The zero-order chi connectivity index (χ0) is 10.8. The third kappa shape index (κ3) is 2.05. The van der Waals surface area contributed by atoms with E-state index in [0.29, 0.717) is 5.69 Å². The van der Waals surface area contributed by atoms with Crippen molar-refractivity contribution in [2.45, 2.75) is 0 Å². The molecule has 1 radical (unpaired) electrons. The zero-order valence-corrected chi connectivity index (χ0v) is 9.25. The Kier molecular flexibility index (Phi) is 3.13. The molecule has 5 heteroatoms. The van der Waals surface area contributed by atoms with Crippen LogP contribution in [0.2, 0.25) is 0 Å². The van der Waals surface area contributed by atoms with Gasteiger partial charge in [-0.2, -0.15) is 12.7 Å². The molecule has 1 rings (SSSR count). The molecule has 0 bridgehead atoms. The van der Waals surface area contributed by atoms with Gasteiger partial charge in [-0.15, -0.1) is 0 Å². The zero-order valence-electron chi connectivity index (χ0n) is 8.43. The number of hydrogen-bond acceptors (Lipinski definition) is 2. The molecule has 0 aromatic heterocycles. The molecule has 4 nitrogen and oxygen atoms in total. The Bertz CT molecular complexity index is 387. The van der Waals surface area contributed by atoms with Crippen molar-refractivity contribution in [3.63, 3.8) is 0 Å². The van der Waals surface area contributed by atoms with E-state index in [-0.39, 0.29) is 0 Å². The highest BCUT2D eigenvalue weighted by atomic mass is 32.2. The largest absolute Gasteiger partial charge is 0.303 e. The molecule has 0 saturated carbocycles. The van der Waals surface area contributed by atoms with Crippen LogP contribution in [0.25, 0.3) is 0 Å². The van der Waals surface area contributed by atoms with E-state index in [4.69, 9.17) is 0 Å². The van der Waals surface area contributed by atoms with Gasteiger partial charge in [0, 0.05) is 27.2 Å². The molecule has 1 aromatic carbocycles. The van der Waals surface area contributed by atoms with Crippen LogP contribution in [0.15, 0.2) is 24.3 Å². The molecule has 0 fully saturated rings. The van der Waals surface area contributed by atoms with Gasteiger partial charge >= 0.3 is 10.2 Å². The standard InChI is InChI=1S/C9H13N2O2S/c1-10(2)14(12,13)11(3)9-7-5-4-6-8-9/h4-7H,1-3H3. The second-order valence-corrected chi connectivity index (χ2v) is 5.18. The summed E-state index contributed by atoms with van der Waals surface area (Å²) in [5.41, 5.74) is 0.529. The summed E-state index contributed by atoms with van der Waals surface area (Å²) in [4.78, 5) is 0. The fourth-order valence-corrected chi connectivity index (χ4v) is 1.80. The van der Waals surface area contributed by atoms with E-state index in [1.807, 2.05) is 0 Å². The van der Waals surface area contributed by atoms with Gasteiger partial charge in [-0.3, -0.25) is 4.31 Å². The second-order valence-electron chi connectivity index (χ2n) is 3.01. The lowest BCUT2D eigenvalue weighted by Gasteiger charge is -2.22. The van der Waals surface area contributed by atoms with E-state index >= 15 is 0 Å². The minimum Gasteiger partial charge on any atom is -0.260 e. The molecule has 0 saturated heterocycles. The number of anilines is 1. The summed E-state index contributed by atoms with van der Waals surface area (Å²) in [6.07, 6.45) is 0. The lowest BCUT2D eigenvalue weighted by atomic mass is 10.3. The van der Waals surface area contributed by atoms with Crippen molar-refractivity contribution in [3.8, 4) is 0 Å². The fourth-order valence-electron chi connectivity index (χ4n) is 0.949. The Balaban J connectivity index is 3.03. The normalized spacial score (nSPS) is 11.7. The minimum atomic E-state index is -3.39. The first-order valence-corrected chi connectivity index (χ1v) is 5.49. The summed E-state index contributed by atoms with van der Waals surface area (Å²) in [5.74, 6) is 0. The topological polar surface area (TPSA) is 40.6 Å². The monoisotopic (exact) mass is 213 g/mol. The van der Waals surface area contributed by atoms with Gasteiger partial charge in [-0.1, -0.05) is 18.2 Å². The number of hydrogen-bond donors (Lipinski definition) is 0. The summed E-state index contributed by atoms with van der Waals surface area (Å²) in [7, 11) is 1.10. The van der Waals surface area contributed by atoms with Crippen LogP contribution >= 0.6 is 0 Å². The van der Waals surface area contributed by atoms with Crippen molar-refractivity contribution in [2.75, 3.05) is 25.4 Å². The molecule has 0 atom stereocenters. The van der Waals surface area contributed by atoms with Crippen molar-refractivity contribution in [1.82, 2.24) is 4.31 Å². The first kappa shape index (κ1) is 11.0. The molecule has 0 unspecified atom stereocenters. The molecule has 14 heavy (non-hydrogen) atoms. The van der Waals surface area contributed by atoms with Crippen LogP contribution < -0.4 is 4.31 Å². The van der Waals surface area contributed by atoms with Gasteiger partial charge in [-0.25, -0.2) is 0 Å². The second kappa shape index (κ2) is 3.98. The van der Waals surface area contributed by atoms with Crippen molar-refractivity contribution < 1.29 is 8.42 Å². The average molecular weight is 213 g/mol. The van der Waals surface area contributed by atoms with E-state index < -0.39 is 10.2 Å². The van der Waals surface area contributed by atoms with Crippen LogP contribution in [0.4, 0.5) is 5.69 Å². The van der Waals surface area contributed by atoms with Gasteiger partial charge in [0.2, 0.25) is 0 Å². The van der Waals surface area contributed by atoms with Crippen LogP contribution in [0.5, 0.6) is 0 Å². The molecule has 0 aliphatic carbocycles. The van der Waals surface area contributed by atoms with Crippen molar-refractivity contribution in [1.29, 1.82) is 0 Å². The van der Waals surface area contributed by atoms with E-state index in [2.05, 4.69) is 6.07 Å². The molecule has 0 aliphatic rings. The van der Waals surface area contributed by atoms with Gasteiger partial charge in [-0.05, 0) is 6.07 Å². The van der Waals surface area contributed by atoms with Gasteiger partial charge < -0.3 is 0 Å². The van der Waals surface area contributed by atoms with Crippen molar-refractivity contribution >= 4 is 15.9 Å². The summed E-state index contributed by atoms with van der Waals surface area (Å²) in [6, 6.07) is 9.78. The van der Waals surface area contributed by atoms with Gasteiger partial charge in [0.05, 0.1) is 5.69 Å². The van der Waals surface area contributed by atoms with Crippen molar-refractivity contribution in [3.05, 3.63) is 30.3 Å². The number of benzene rings is 1. The number of para-hydroxylation sites is 1. The van der Waals surface area contributed by atoms with Crippen LogP contribution in [-0.4, -0.2) is 33.9 Å². The average Bonchev–Trinajstić information content (AvgIpc) is 2.17. The highest BCUT2D eigenvalue weighted by Gasteiger charge is 2.20. The minimum absolute atomic E-state index is 0.529. The van der Waals surface area contributed by atoms with E-state index in [1.165, 1.54) is 25.4 Å². The van der Waals surface area contributed by atoms with E-state index in [9.17, 15) is 8.42 Å². The highest BCUT2D eigenvalue weighted by Crippen LogP contribution is 2.15. The molecule has 0 aliphatic heterocycles. The lowest BCUT2D eigenvalue weighted by molar-refractivity contribution is 0.519. The fraction of sp³-hybridized carbons (Fsp3) is 0.333. The summed E-state index contributed by atoms with van der Waals surface area (Å²) >= 11 is 0. The number of nitrogens with zero attached hydrogens (tertiary/aromatic N) is 2. The van der Waals surface area contributed by atoms with Crippen LogP contribution in [0.1, 0.15) is 0 Å².